The molecule has 0 aliphatic rings. The van der Waals surface area contributed by atoms with Crippen LogP contribution >= 0.6 is 47.0 Å². The Bertz CT molecular complexity index is 172. The van der Waals surface area contributed by atoms with Gasteiger partial charge in [-0.25, -0.2) is 0 Å². The number of aliphatic hydroxyl groups is 1. The number of thioether (sulfide) groups is 4. The second-order valence-electron chi connectivity index (χ2n) is 2.78. The maximum Gasteiger partial charge on any atom is 0.279 e. The molecule has 96 valence electrons. The summed E-state index contributed by atoms with van der Waals surface area (Å²) in [5.74, 6) is 1.66. The van der Waals surface area contributed by atoms with E-state index in [0.29, 0.717) is 12.2 Å². The van der Waals surface area contributed by atoms with Gasteiger partial charge in [0.2, 0.25) is 0 Å². The number of hydrogen-bond donors (Lipinski definition) is 2. The van der Waals surface area contributed by atoms with Crippen LogP contribution in [-0.4, -0.2) is 51.4 Å². The molecule has 2 N–H and O–H groups in total. The molecule has 0 aromatic rings. The number of carbonyl (C=O) groups excluding carboxylic acids is 1. The first-order chi connectivity index (χ1) is 7.81. The summed E-state index contributed by atoms with van der Waals surface area (Å²) >= 11 is 6.84. The first kappa shape index (κ1) is 16.8. The number of aliphatic hydroxyl groups excluding tert-OH is 1. The van der Waals surface area contributed by atoms with Gasteiger partial charge in [-0.1, -0.05) is 11.8 Å². The van der Waals surface area contributed by atoms with Gasteiger partial charge >= 0.3 is 0 Å². The third-order valence-corrected chi connectivity index (χ3v) is 5.75. The molecule has 0 saturated heterocycles. The average molecular weight is 302 g/mol. The highest BCUT2D eigenvalue weighted by molar-refractivity contribution is 8.22. The van der Waals surface area contributed by atoms with Crippen molar-refractivity contribution in [2.75, 3.05) is 41.1 Å². The monoisotopic (exact) mass is 301 g/mol. The van der Waals surface area contributed by atoms with Crippen molar-refractivity contribution >= 4 is 52.3 Å². The lowest BCUT2D eigenvalue weighted by Crippen LogP contribution is -2.21. The fraction of sp³-hybridized carbons (Fsp3) is 0.889. The van der Waals surface area contributed by atoms with Gasteiger partial charge in [-0.05, 0) is 12.7 Å². The highest BCUT2D eigenvalue weighted by Crippen LogP contribution is 2.15. The van der Waals surface area contributed by atoms with Crippen LogP contribution in [0.5, 0.6) is 0 Å². The predicted octanol–water partition coefficient (Wildman–Crippen LogP) is 2.56. The predicted molar refractivity (Wildman–Crippen MR) is 80.9 cm³/mol. The summed E-state index contributed by atoms with van der Waals surface area (Å²) in [6, 6.07) is 0. The van der Waals surface area contributed by atoms with Gasteiger partial charge in [0.25, 0.3) is 5.24 Å². The normalized spacial score (nSPS) is 10.4. The molecule has 16 heavy (non-hydrogen) atoms. The molecule has 1 amide bonds. The average Bonchev–Trinajstić information content (AvgIpc) is 2.28. The zero-order valence-corrected chi connectivity index (χ0v) is 12.7. The number of hydrogen-bond acceptors (Lipinski definition) is 6. The van der Waals surface area contributed by atoms with Gasteiger partial charge in [-0.2, -0.15) is 11.8 Å². The molecular weight excluding hydrogens is 282 g/mol. The molecule has 0 fully saturated rings. The van der Waals surface area contributed by atoms with Gasteiger partial charge in [-0.15, -0.1) is 23.5 Å². The highest BCUT2D eigenvalue weighted by atomic mass is 32.2. The van der Waals surface area contributed by atoms with E-state index < -0.39 is 0 Å². The summed E-state index contributed by atoms with van der Waals surface area (Å²) in [7, 11) is 0. The fourth-order valence-corrected chi connectivity index (χ4v) is 4.14. The standard InChI is InChI=1S/C9H19NO2S4/c1-13-7-15-8-14-6-3-10-9(12)16-5-2-4-11/h11H,2-8H2,1H3,(H,10,12). The number of nitrogens with one attached hydrogen (secondary N) is 1. The Hall–Kier alpha value is 0.830. The SMILES string of the molecule is CSCSCSCCNC(=O)SCCCO. The molecule has 0 aliphatic heterocycles. The summed E-state index contributed by atoms with van der Waals surface area (Å²) in [6.07, 6.45) is 2.78. The van der Waals surface area contributed by atoms with Crippen LogP contribution in [0.2, 0.25) is 0 Å². The van der Waals surface area contributed by atoms with Crippen molar-refractivity contribution in [3.8, 4) is 0 Å². The third kappa shape index (κ3) is 12.9. The van der Waals surface area contributed by atoms with E-state index in [1.165, 1.54) is 11.8 Å². The Kier molecular flexibility index (Phi) is 14.6. The van der Waals surface area contributed by atoms with Gasteiger partial charge in [0.05, 0.1) is 0 Å². The minimum absolute atomic E-state index is 0.0193. The first-order valence-corrected chi connectivity index (χ1v) is 9.66. The van der Waals surface area contributed by atoms with Gasteiger partial charge in [0.1, 0.15) is 0 Å². The van der Waals surface area contributed by atoms with Crippen molar-refractivity contribution in [3.05, 3.63) is 0 Å². The maximum atomic E-state index is 11.2. The molecule has 0 aromatic carbocycles. The molecule has 0 radical (unpaired) electrons. The highest BCUT2D eigenvalue weighted by Gasteiger charge is 2.00. The van der Waals surface area contributed by atoms with Crippen molar-refractivity contribution < 1.29 is 9.90 Å². The summed E-state index contributed by atoms with van der Waals surface area (Å²) in [5, 5.41) is 13.6. The quantitative estimate of drug-likeness (QED) is 0.478. The lowest BCUT2D eigenvalue weighted by Gasteiger charge is -2.04. The molecule has 0 spiro atoms. The van der Waals surface area contributed by atoms with Gasteiger partial charge in [0, 0.05) is 34.8 Å². The molecule has 0 aliphatic carbocycles. The number of carbonyl (C=O) groups is 1. The van der Waals surface area contributed by atoms with E-state index in [-0.39, 0.29) is 11.8 Å². The van der Waals surface area contributed by atoms with E-state index in [1.807, 2.05) is 35.3 Å². The van der Waals surface area contributed by atoms with Crippen LogP contribution in [-0.2, 0) is 0 Å². The summed E-state index contributed by atoms with van der Waals surface area (Å²) in [4.78, 5) is 11.2. The Balaban J connectivity index is 3.09. The van der Waals surface area contributed by atoms with Crippen molar-refractivity contribution in [1.82, 2.24) is 5.32 Å². The van der Waals surface area contributed by atoms with Crippen LogP contribution < -0.4 is 5.32 Å². The zero-order chi connectivity index (χ0) is 12.1. The summed E-state index contributed by atoms with van der Waals surface area (Å²) in [6.45, 7) is 0.887. The lowest BCUT2D eigenvalue weighted by molar-refractivity contribution is 0.261. The van der Waals surface area contributed by atoms with E-state index in [0.717, 1.165) is 22.5 Å². The van der Waals surface area contributed by atoms with E-state index in [4.69, 9.17) is 5.11 Å². The smallest absolute Gasteiger partial charge is 0.279 e. The second-order valence-corrected chi connectivity index (χ2v) is 7.53. The minimum Gasteiger partial charge on any atom is -0.396 e. The van der Waals surface area contributed by atoms with E-state index in [9.17, 15) is 4.79 Å². The van der Waals surface area contributed by atoms with Crippen LogP contribution in [0.3, 0.4) is 0 Å². The topological polar surface area (TPSA) is 49.3 Å². The van der Waals surface area contributed by atoms with Crippen LogP contribution in [0.4, 0.5) is 4.79 Å². The van der Waals surface area contributed by atoms with Gasteiger partial charge < -0.3 is 10.4 Å². The van der Waals surface area contributed by atoms with Crippen LogP contribution in [0.1, 0.15) is 6.42 Å². The van der Waals surface area contributed by atoms with Crippen molar-refractivity contribution in [2.45, 2.75) is 6.42 Å². The van der Waals surface area contributed by atoms with Crippen LogP contribution in [0.25, 0.3) is 0 Å². The van der Waals surface area contributed by atoms with Gasteiger partial charge in [-0.3, -0.25) is 4.79 Å². The van der Waals surface area contributed by atoms with Crippen molar-refractivity contribution in [2.24, 2.45) is 0 Å². The first-order valence-electron chi connectivity index (χ1n) is 4.97. The van der Waals surface area contributed by atoms with Crippen molar-refractivity contribution in [1.29, 1.82) is 0 Å². The molecular formula is C9H19NO2S4. The third-order valence-electron chi connectivity index (χ3n) is 1.42. The molecule has 7 heteroatoms. The second kappa shape index (κ2) is 13.9. The molecule has 0 atom stereocenters. The summed E-state index contributed by atoms with van der Waals surface area (Å²) in [5.41, 5.74) is 0. The fourth-order valence-electron chi connectivity index (χ4n) is 0.741. The van der Waals surface area contributed by atoms with Crippen molar-refractivity contribution in [3.63, 3.8) is 0 Å². The molecule has 0 saturated carbocycles. The molecule has 0 aromatic heterocycles. The lowest BCUT2D eigenvalue weighted by atomic mass is 10.5. The minimum atomic E-state index is 0.0193. The Labute approximate surface area is 115 Å². The van der Waals surface area contributed by atoms with E-state index >= 15 is 0 Å². The summed E-state index contributed by atoms with van der Waals surface area (Å²) < 4.78 is 0. The molecule has 0 heterocycles. The van der Waals surface area contributed by atoms with Gasteiger partial charge in [0.15, 0.2) is 0 Å². The van der Waals surface area contributed by atoms with E-state index in [1.54, 1.807) is 0 Å². The Morgan fingerprint density at radius 2 is 2.06 bits per heavy atom. The largest absolute Gasteiger partial charge is 0.396 e. The zero-order valence-electron chi connectivity index (χ0n) is 9.44. The molecule has 0 bridgehead atoms. The van der Waals surface area contributed by atoms with Crippen LogP contribution in [0.15, 0.2) is 0 Å². The molecule has 0 rings (SSSR count). The Morgan fingerprint density at radius 1 is 1.25 bits per heavy atom. The number of amides is 1. The molecule has 3 nitrogen and oxygen atoms in total. The molecule has 0 unspecified atom stereocenters. The maximum absolute atomic E-state index is 11.2. The van der Waals surface area contributed by atoms with Crippen LogP contribution in [0, 0.1) is 0 Å². The number of rotatable bonds is 10. The Morgan fingerprint density at radius 3 is 2.75 bits per heavy atom. The van der Waals surface area contributed by atoms with E-state index in [2.05, 4.69) is 11.6 Å².